The van der Waals surface area contributed by atoms with Crippen LogP contribution in [0.15, 0.2) is 24.5 Å². The molecule has 4 heteroatoms. The summed E-state index contributed by atoms with van der Waals surface area (Å²) in [6, 6.07) is 4.63. The van der Waals surface area contributed by atoms with Crippen LogP contribution in [0.2, 0.25) is 0 Å². The van der Waals surface area contributed by atoms with Crippen LogP contribution in [0.25, 0.3) is 0 Å². The van der Waals surface area contributed by atoms with Crippen molar-refractivity contribution in [2.24, 2.45) is 5.92 Å². The molecule has 1 N–H and O–H groups in total. The van der Waals surface area contributed by atoms with Gasteiger partial charge in [-0.25, -0.2) is 4.79 Å². The molecule has 1 aromatic rings. The van der Waals surface area contributed by atoms with Crippen molar-refractivity contribution >= 4 is 6.03 Å². The number of aromatic nitrogens is 1. The molecular formula is C15H23N3O. The average Bonchev–Trinajstić information content (AvgIpc) is 3.22. The van der Waals surface area contributed by atoms with Crippen LogP contribution < -0.4 is 5.32 Å². The van der Waals surface area contributed by atoms with Gasteiger partial charge in [0.25, 0.3) is 0 Å². The van der Waals surface area contributed by atoms with Crippen LogP contribution in [0.1, 0.15) is 39.2 Å². The first-order valence-electron chi connectivity index (χ1n) is 7.04. The molecule has 0 unspecified atom stereocenters. The Bertz CT molecular complexity index is 415. The van der Waals surface area contributed by atoms with Crippen LogP contribution >= 0.6 is 0 Å². The summed E-state index contributed by atoms with van der Waals surface area (Å²) in [5.41, 5.74) is 1.08. The molecule has 1 aliphatic carbocycles. The van der Waals surface area contributed by atoms with E-state index in [1.54, 1.807) is 12.4 Å². The highest BCUT2D eigenvalue weighted by Gasteiger charge is 2.36. The summed E-state index contributed by atoms with van der Waals surface area (Å²) in [6.07, 6.45) is 5.77. The minimum atomic E-state index is 0.0560. The molecule has 1 aromatic heterocycles. The number of hydrogen-bond acceptors (Lipinski definition) is 2. The highest BCUT2D eigenvalue weighted by molar-refractivity contribution is 5.75. The number of carbonyl (C=O) groups excluding carboxylic acids is 1. The Morgan fingerprint density at radius 2 is 2.00 bits per heavy atom. The molecule has 104 valence electrons. The summed E-state index contributed by atoms with van der Waals surface area (Å²) in [7, 11) is 0. The molecule has 19 heavy (non-hydrogen) atoms. The lowest BCUT2D eigenvalue weighted by Crippen LogP contribution is -2.48. The van der Waals surface area contributed by atoms with Gasteiger partial charge < -0.3 is 10.2 Å². The third kappa shape index (κ3) is 3.69. The van der Waals surface area contributed by atoms with E-state index < -0.39 is 0 Å². The molecule has 1 atom stereocenters. The second-order valence-corrected chi connectivity index (χ2v) is 5.64. The van der Waals surface area contributed by atoms with Gasteiger partial charge in [-0.2, -0.15) is 0 Å². The van der Waals surface area contributed by atoms with Crippen molar-refractivity contribution in [2.45, 2.75) is 52.2 Å². The fraction of sp³-hybridized carbons (Fsp3) is 0.600. The molecule has 0 aliphatic heterocycles. The smallest absolute Gasteiger partial charge is 0.318 e. The van der Waals surface area contributed by atoms with Gasteiger partial charge in [-0.05, 0) is 43.4 Å². The van der Waals surface area contributed by atoms with Gasteiger partial charge in [-0.1, -0.05) is 13.8 Å². The Labute approximate surface area is 115 Å². The fourth-order valence-corrected chi connectivity index (χ4v) is 2.13. The van der Waals surface area contributed by atoms with Crippen molar-refractivity contribution < 1.29 is 4.79 Å². The molecule has 0 bridgehead atoms. The van der Waals surface area contributed by atoms with Crippen molar-refractivity contribution in [3.05, 3.63) is 30.1 Å². The number of pyridine rings is 1. The van der Waals surface area contributed by atoms with Crippen LogP contribution in [0, 0.1) is 5.92 Å². The lowest BCUT2D eigenvalue weighted by Gasteiger charge is -2.32. The van der Waals surface area contributed by atoms with E-state index in [0.29, 0.717) is 18.5 Å². The normalized spacial score (nSPS) is 16.2. The lowest BCUT2D eigenvalue weighted by molar-refractivity contribution is 0.156. The molecule has 0 radical (unpaired) electrons. The first kappa shape index (κ1) is 13.8. The zero-order valence-electron chi connectivity index (χ0n) is 12.0. The standard InChI is InChI=1S/C15H23N3O/c1-11(2)12(3)18(14-4-5-14)15(19)17-10-13-6-8-16-9-7-13/h6-9,11-12,14H,4-5,10H2,1-3H3,(H,17,19)/t12-/m1/s1. The van der Waals surface area contributed by atoms with Gasteiger partial charge in [0, 0.05) is 31.0 Å². The van der Waals surface area contributed by atoms with Crippen molar-refractivity contribution in [3.63, 3.8) is 0 Å². The number of nitrogens with one attached hydrogen (secondary N) is 1. The summed E-state index contributed by atoms with van der Waals surface area (Å²) in [6.45, 7) is 7.02. The molecule has 4 nitrogen and oxygen atoms in total. The van der Waals surface area contributed by atoms with E-state index >= 15 is 0 Å². The third-order valence-corrected chi connectivity index (χ3v) is 3.77. The molecule has 2 rings (SSSR count). The van der Waals surface area contributed by atoms with E-state index in [-0.39, 0.29) is 12.1 Å². The van der Waals surface area contributed by atoms with Gasteiger partial charge in [0.05, 0.1) is 0 Å². The van der Waals surface area contributed by atoms with Gasteiger partial charge in [0.2, 0.25) is 0 Å². The summed E-state index contributed by atoms with van der Waals surface area (Å²) < 4.78 is 0. The van der Waals surface area contributed by atoms with E-state index in [4.69, 9.17) is 0 Å². The monoisotopic (exact) mass is 261 g/mol. The maximum absolute atomic E-state index is 12.3. The van der Waals surface area contributed by atoms with E-state index in [2.05, 4.69) is 31.1 Å². The summed E-state index contributed by atoms with van der Waals surface area (Å²) in [4.78, 5) is 18.3. The topological polar surface area (TPSA) is 45.2 Å². The number of hydrogen-bond donors (Lipinski definition) is 1. The Balaban J connectivity index is 1.93. The number of nitrogens with zero attached hydrogens (tertiary/aromatic N) is 2. The molecule has 0 spiro atoms. The van der Waals surface area contributed by atoms with Crippen molar-refractivity contribution in [2.75, 3.05) is 0 Å². The first-order valence-corrected chi connectivity index (χ1v) is 7.04. The summed E-state index contributed by atoms with van der Waals surface area (Å²) in [5, 5.41) is 3.02. The second kappa shape index (κ2) is 6.04. The van der Waals surface area contributed by atoms with Crippen LogP contribution in [0.4, 0.5) is 4.79 Å². The zero-order chi connectivity index (χ0) is 13.8. The van der Waals surface area contributed by atoms with Gasteiger partial charge in [-0.3, -0.25) is 4.98 Å². The minimum absolute atomic E-state index is 0.0560. The van der Waals surface area contributed by atoms with Crippen molar-refractivity contribution in [1.82, 2.24) is 15.2 Å². The number of urea groups is 1. The van der Waals surface area contributed by atoms with Crippen LogP contribution in [-0.4, -0.2) is 28.0 Å². The number of amides is 2. The maximum atomic E-state index is 12.3. The molecular weight excluding hydrogens is 238 g/mol. The largest absolute Gasteiger partial charge is 0.334 e. The van der Waals surface area contributed by atoms with Gasteiger partial charge in [0.15, 0.2) is 0 Å². The third-order valence-electron chi connectivity index (χ3n) is 3.77. The predicted octanol–water partition coefficient (Wildman–Crippen LogP) is 2.80. The van der Waals surface area contributed by atoms with Gasteiger partial charge >= 0.3 is 6.03 Å². The van der Waals surface area contributed by atoms with Crippen LogP contribution in [0.3, 0.4) is 0 Å². The SMILES string of the molecule is CC(C)[C@@H](C)N(C(=O)NCc1ccncc1)C1CC1. The molecule has 2 amide bonds. The predicted molar refractivity (Wildman–Crippen MR) is 75.6 cm³/mol. The van der Waals surface area contributed by atoms with E-state index in [0.717, 1.165) is 18.4 Å². The molecule has 0 saturated heterocycles. The maximum Gasteiger partial charge on any atom is 0.318 e. The highest BCUT2D eigenvalue weighted by Crippen LogP contribution is 2.30. The molecule has 1 fully saturated rings. The molecule has 1 heterocycles. The quantitative estimate of drug-likeness (QED) is 0.886. The lowest BCUT2D eigenvalue weighted by atomic mass is 10.0. The van der Waals surface area contributed by atoms with E-state index in [1.165, 1.54) is 0 Å². The van der Waals surface area contributed by atoms with Gasteiger partial charge in [0.1, 0.15) is 0 Å². The number of carbonyl (C=O) groups is 1. The van der Waals surface area contributed by atoms with Gasteiger partial charge in [-0.15, -0.1) is 0 Å². The zero-order valence-corrected chi connectivity index (χ0v) is 12.0. The summed E-state index contributed by atoms with van der Waals surface area (Å²) >= 11 is 0. The van der Waals surface area contributed by atoms with Crippen molar-refractivity contribution in [1.29, 1.82) is 0 Å². The first-order chi connectivity index (χ1) is 9.09. The Morgan fingerprint density at radius 1 is 1.37 bits per heavy atom. The molecule has 0 aromatic carbocycles. The van der Waals surface area contributed by atoms with Crippen molar-refractivity contribution in [3.8, 4) is 0 Å². The molecule has 1 saturated carbocycles. The van der Waals surface area contributed by atoms with Crippen LogP contribution in [-0.2, 0) is 6.54 Å². The van der Waals surface area contributed by atoms with E-state index in [1.807, 2.05) is 17.0 Å². The Morgan fingerprint density at radius 3 is 2.53 bits per heavy atom. The highest BCUT2D eigenvalue weighted by atomic mass is 16.2. The minimum Gasteiger partial charge on any atom is -0.334 e. The van der Waals surface area contributed by atoms with Crippen LogP contribution in [0.5, 0.6) is 0 Å². The number of rotatable bonds is 5. The fourth-order valence-electron chi connectivity index (χ4n) is 2.13. The Hall–Kier alpha value is -1.58. The Kier molecular flexibility index (Phi) is 4.40. The molecule has 1 aliphatic rings. The van der Waals surface area contributed by atoms with E-state index in [9.17, 15) is 4.79 Å². The average molecular weight is 261 g/mol. The summed E-state index contributed by atoms with van der Waals surface area (Å²) in [5.74, 6) is 0.479. The second-order valence-electron chi connectivity index (χ2n) is 5.64.